The van der Waals surface area contributed by atoms with E-state index in [1.54, 1.807) is 7.11 Å². The molecule has 2 saturated heterocycles. The Bertz CT molecular complexity index is 1350. The number of fused-ring (bicyclic) bond motifs is 3. The van der Waals surface area contributed by atoms with E-state index < -0.39 is 5.41 Å². The van der Waals surface area contributed by atoms with Gasteiger partial charge in [0.15, 0.2) is 0 Å². The van der Waals surface area contributed by atoms with Gasteiger partial charge in [-0.05, 0) is 102 Å². The van der Waals surface area contributed by atoms with Crippen molar-refractivity contribution >= 4 is 5.91 Å². The van der Waals surface area contributed by atoms with E-state index in [0.29, 0.717) is 24.4 Å². The molecule has 42 heavy (non-hydrogen) atoms. The van der Waals surface area contributed by atoms with E-state index in [1.807, 2.05) is 26.0 Å². The number of amides is 1. The molecule has 7 nitrogen and oxygen atoms in total. The summed E-state index contributed by atoms with van der Waals surface area (Å²) in [5, 5.41) is 11.6. The van der Waals surface area contributed by atoms with Crippen LogP contribution in [0.15, 0.2) is 42.5 Å². The smallest absolute Gasteiger partial charge is 0.236 e. The first-order chi connectivity index (χ1) is 20.1. The fourth-order valence-electron chi connectivity index (χ4n) is 6.74. The van der Waals surface area contributed by atoms with Crippen LogP contribution in [0.2, 0.25) is 0 Å². The van der Waals surface area contributed by atoms with Gasteiger partial charge >= 0.3 is 0 Å². The van der Waals surface area contributed by atoms with Crippen LogP contribution >= 0.6 is 0 Å². The molecule has 3 heterocycles. The fraction of sp³-hybridized carbons (Fsp3) is 0.543. The summed E-state index contributed by atoms with van der Waals surface area (Å²) < 4.78 is 11.8. The van der Waals surface area contributed by atoms with E-state index in [1.165, 1.54) is 29.5 Å². The Morgan fingerprint density at radius 2 is 1.86 bits per heavy atom. The molecule has 1 atom stereocenters. The van der Waals surface area contributed by atoms with Gasteiger partial charge in [-0.15, -0.1) is 5.10 Å². The SMILES string of the molecule is COc1cccc(CCNC[C@@H](C)c2c(OCC(C)(C)C(=O)N3CC4CCC3CC4)n[nH]c2-c2cc(C)cc(C)c2)c1. The zero-order valence-corrected chi connectivity index (χ0v) is 26.3. The van der Waals surface area contributed by atoms with Crippen LogP contribution in [0.5, 0.6) is 11.6 Å². The molecule has 3 aliphatic rings. The Morgan fingerprint density at radius 1 is 1.12 bits per heavy atom. The van der Waals surface area contributed by atoms with Crippen molar-refractivity contribution in [3.8, 4) is 22.9 Å². The first-order valence-electron chi connectivity index (χ1n) is 15.6. The van der Waals surface area contributed by atoms with Crippen molar-refractivity contribution in [1.82, 2.24) is 20.4 Å². The number of hydrogen-bond acceptors (Lipinski definition) is 5. The number of carbonyl (C=O) groups is 1. The molecule has 7 heteroatoms. The van der Waals surface area contributed by atoms with E-state index in [0.717, 1.165) is 61.5 Å². The fourth-order valence-corrected chi connectivity index (χ4v) is 6.74. The third-order valence-corrected chi connectivity index (χ3v) is 9.07. The lowest BCUT2D eigenvalue weighted by Crippen LogP contribution is -2.55. The Morgan fingerprint density at radius 3 is 2.52 bits per heavy atom. The normalized spacial score (nSPS) is 19.1. The number of aryl methyl sites for hydroxylation is 2. The zero-order valence-electron chi connectivity index (χ0n) is 26.3. The number of ether oxygens (including phenoxy) is 2. The molecule has 226 valence electrons. The minimum Gasteiger partial charge on any atom is -0.497 e. The summed E-state index contributed by atoms with van der Waals surface area (Å²) in [5.41, 5.74) is 6.16. The van der Waals surface area contributed by atoms with E-state index in [9.17, 15) is 4.79 Å². The number of rotatable bonds is 12. The Kier molecular flexibility index (Phi) is 9.26. The molecule has 1 aromatic heterocycles. The summed E-state index contributed by atoms with van der Waals surface area (Å²) in [6.07, 6.45) is 5.71. The highest BCUT2D eigenvalue weighted by Crippen LogP contribution is 2.39. The summed E-state index contributed by atoms with van der Waals surface area (Å²) in [4.78, 5) is 15.8. The molecule has 0 spiro atoms. The molecule has 1 saturated carbocycles. The van der Waals surface area contributed by atoms with Gasteiger partial charge in [-0.25, -0.2) is 0 Å². The number of nitrogens with one attached hydrogen (secondary N) is 2. The lowest BCUT2D eigenvalue weighted by molar-refractivity contribution is -0.149. The second kappa shape index (κ2) is 12.9. The molecule has 3 fully saturated rings. The van der Waals surface area contributed by atoms with Crippen molar-refractivity contribution < 1.29 is 14.3 Å². The van der Waals surface area contributed by atoms with Gasteiger partial charge in [-0.2, -0.15) is 0 Å². The maximum Gasteiger partial charge on any atom is 0.236 e. The Labute approximate surface area is 251 Å². The lowest BCUT2D eigenvalue weighted by atomic mass is 9.78. The number of aromatic amines is 1. The number of hydrogen-bond donors (Lipinski definition) is 2. The van der Waals surface area contributed by atoms with Gasteiger partial charge in [-0.1, -0.05) is 36.2 Å². The predicted octanol–water partition coefficient (Wildman–Crippen LogP) is 6.44. The van der Waals surface area contributed by atoms with Crippen LogP contribution in [-0.2, 0) is 11.2 Å². The van der Waals surface area contributed by atoms with Crippen LogP contribution in [-0.4, -0.2) is 60.4 Å². The summed E-state index contributed by atoms with van der Waals surface area (Å²) in [7, 11) is 1.70. The highest BCUT2D eigenvalue weighted by Gasteiger charge is 2.42. The van der Waals surface area contributed by atoms with Crippen molar-refractivity contribution in [3.63, 3.8) is 0 Å². The molecule has 2 bridgehead atoms. The Hall–Kier alpha value is -3.32. The highest BCUT2D eigenvalue weighted by molar-refractivity contribution is 5.82. The van der Waals surface area contributed by atoms with Gasteiger partial charge in [0.25, 0.3) is 0 Å². The van der Waals surface area contributed by atoms with Crippen molar-refractivity contribution in [1.29, 1.82) is 0 Å². The van der Waals surface area contributed by atoms with Gasteiger partial charge in [0.1, 0.15) is 12.4 Å². The predicted molar refractivity (Wildman–Crippen MR) is 168 cm³/mol. The molecule has 1 aliphatic carbocycles. The maximum absolute atomic E-state index is 13.7. The topological polar surface area (TPSA) is 79.5 Å². The zero-order chi connectivity index (χ0) is 29.9. The standard InChI is InChI=1S/C35H48N4O3/c1-23-16-24(2)18-28(17-23)32-31(25(3)20-36-15-14-26-8-7-9-30(19-26)41-6)33(38-37-32)42-22-35(4,5)34(40)39-21-27-10-12-29(39)13-11-27/h7-9,16-19,25,27,29,36H,10-15,20-22H2,1-6H3,(H,37,38)/t25-,27?,29?/m1/s1. The lowest BCUT2D eigenvalue weighted by Gasteiger charge is -2.47. The molecule has 2 N–H and O–H groups in total. The van der Waals surface area contributed by atoms with Gasteiger partial charge in [0.05, 0.1) is 18.2 Å². The van der Waals surface area contributed by atoms with Crippen molar-refractivity contribution in [2.24, 2.45) is 11.3 Å². The van der Waals surface area contributed by atoms with Crippen LogP contribution < -0.4 is 14.8 Å². The average Bonchev–Trinajstić information content (AvgIpc) is 3.42. The number of piperidine rings is 2. The quantitative estimate of drug-likeness (QED) is 0.244. The number of aromatic nitrogens is 2. The van der Waals surface area contributed by atoms with Crippen LogP contribution in [0.4, 0.5) is 0 Å². The van der Waals surface area contributed by atoms with E-state index in [2.05, 4.69) is 71.5 Å². The van der Waals surface area contributed by atoms with Gasteiger partial charge < -0.3 is 19.7 Å². The average molecular weight is 573 g/mol. The number of nitrogens with zero attached hydrogens (tertiary/aromatic N) is 2. The number of benzene rings is 2. The second-order valence-electron chi connectivity index (χ2n) is 13.2. The van der Waals surface area contributed by atoms with Gasteiger partial charge in [0, 0.05) is 36.2 Å². The first-order valence-corrected chi connectivity index (χ1v) is 15.6. The molecule has 6 rings (SSSR count). The van der Waals surface area contributed by atoms with E-state index >= 15 is 0 Å². The van der Waals surface area contributed by atoms with Crippen molar-refractivity contribution in [3.05, 3.63) is 64.7 Å². The Balaban J connectivity index is 1.30. The largest absolute Gasteiger partial charge is 0.497 e. The molecule has 0 unspecified atom stereocenters. The molecular weight excluding hydrogens is 524 g/mol. The molecule has 0 radical (unpaired) electrons. The van der Waals surface area contributed by atoms with Crippen LogP contribution in [0, 0.1) is 25.2 Å². The number of methoxy groups -OCH3 is 1. The minimum absolute atomic E-state index is 0.136. The van der Waals surface area contributed by atoms with Crippen LogP contribution in [0.1, 0.15) is 74.6 Å². The van der Waals surface area contributed by atoms with Gasteiger partial charge in [0.2, 0.25) is 11.8 Å². The third kappa shape index (κ3) is 6.83. The molecule has 1 amide bonds. The summed E-state index contributed by atoms with van der Waals surface area (Å²) in [6, 6.07) is 15.2. The van der Waals surface area contributed by atoms with Crippen LogP contribution in [0.3, 0.4) is 0 Å². The van der Waals surface area contributed by atoms with E-state index in [4.69, 9.17) is 9.47 Å². The van der Waals surface area contributed by atoms with Gasteiger partial charge in [-0.3, -0.25) is 9.89 Å². The minimum atomic E-state index is -0.633. The molecular formula is C35H48N4O3. The second-order valence-corrected chi connectivity index (χ2v) is 13.2. The first kappa shape index (κ1) is 30.1. The summed E-state index contributed by atoms with van der Waals surface area (Å²) in [5.74, 6) is 2.47. The number of carbonyl (C=O) groups excluding carboxylic acids is 1. The van der Waals surface area contributed by atoms with Crippen LogP contribution in [0.25, 0.3) is 11.3 Å². The monoisotopic (exact) mass is 572 g/mol. The number of H-pyrrole nitrogens is 1. The summed E-state index contributed by atoms with van der Waals surface area (Å²) in [6.45, 7) is 13.3. The highest BCUT2D eigenvalue weighted by atomic mass is 16.5. The van der Waals surface area contributed by atoms with E-state index in [-0.39, 0.29) is 11.8 Å². The molecule has 2 aliphatic heterocycles. The van der Waals surface area contributed by atoms with Crippen molar-refractivity contribution in [2.75, 3.05) is 33.4 Å². The molecule has 3 aromatic rings. The third-order valence-electron chi connectivity index (χ3n) is 9.07. The maximum atomic E-state index is 13.7. The van der Waals surface area contributed by atoms with Crippen molar-refractivity contribution in [2.45, 2.75) is 78.7 Å². The molecule has 2 aromatic carbocycles. The summed E-state index contributed by atoms with van der Waals surface area (Å²) >= 11 is 0.